The average Bonchev–Trinajstić information content (AvgIpc) is 4.08. The Hall–Kier alpha value is -5.76. The SMILES string of the molecule is COCCc1nc(-c2ccc3ccoc3c2)c(-c2ccnc(S(C)=O)n2)n1COC.COCCc1nc(-c2ccc3ccoc3c2)c(-c2ccnc(S(C)=O)n2)n1COC. The van der Waals surface area contributed by atoms with Crippen LogP contribution in [0.15, 0.2) is 105 Å². The van der Waals surface area contributed by atoms with Gasteiger partial charge in [0.05, 0.1) is 81.5 Å². The highest BCUT2D eigenvalue weighted by molar-refractivity contribution is 7.84. The molecule has 0 aliphatic carbocycles. The second-order valence-electron chi connectivity index (χ2n) is 13.3. The maximum absolute atomic E-state index is 12.0. The molecule has 0 saturated carbocycles. The molecule has 312 valence electrons. The van der Waals surface area contributed by atoms with E-state index in [1.807, 2.05) is 57.7 Å². The number of furan rings is 2. The van der Waals surface area contributed by atoms with Crippen LogP contribution in [0.3, 0.4) is 0 Å². The number of hydrogen-bond acceptors (Lipinski definition) is 14. The number of imidazole rings is 2. The Morgan fingerprint density at radius 3 is 1.38 bits per heavy atom. The Bertz CT molecular complexity index is 2590. The van der Waals surface area contributed by atoms with Gasteiger partial charge >= 0.3 is 0 Å². The van der Waals surface area contributed by atoms with Crippen LogP contribution >= 0.6 is 0 Å². The predicted octanol–water partition coefficient (Wildman–Crippen LogP) is 6.57. The second-order valence-corrected chi connectivity index (χ2v) is 15.9. The van der Waals surface area contributed by atoms with Crippen molar-refractivity contribution in [2.45, 2.75) is 36.6 Å². The van der Waals surface area contributed by atoms with Gasteiger partial charge in [-0.3, -0.25) is 8.42 Å². The highest BCUT2D eigenvalue weighted by Gasteiger charge is 2.24. The summed E-state index contributed by atoms with van der Waals surface area (Å²) >= 11 is 0. The van der Waals surface area contributed by atoms with Crippen LogP contribution in [-0.4, -0.2) is 102 Å². The van der Waals surface area contributed by atoms with Gasteiger partial charge in [0.2, 0.25) is 10.3 Å². The zero-order valence-corrected chi connectivity index (χ0v) is 35.6. The molecule has 0 saturated heterocycles. The van der Waals surface area contributed by atoms with Crippen LogP contribution in [0.2, 0.25) is 0 Å². The number of methoxy groups -OCH3 is 4. The number of benzene rings is 2. The van der Waals surface area contributed by atoms with Gasteiger partial charge in [-0.25, -0.2) is 29.9 Å². The van der Waals surface area contributed by atoms with Gasteiger partial charge in [-0.1, -0.05) is 24.3 Å². The van der Waals surface area contributed by atoms with Gasteiger partial charge in [-0.15, -0.1) is 0 Å². The van der Waals surface area contributed by atoms with Crippen molar-refractivity contribution in [2.75, 3.05) is 54.2 Å². The molecule has 16 nitrogen and oxygen atoms in total. The van der Waals surface area contributed by atoms with E-state index in [-0.39, 0.29) is 10.3 Å². The van der Waals surface area contributed by atoms with Crippen LogP contribution in [0.25, 0.3) is 67.2 Å². The monoisotopic (exact) mass is 852 g/mol. The standard InChI is InChI=1S/2C21H22N4O4S/c2*1-27-10-8-18-24-19(15-5-4-14-7-11-29-17(14)12-15)20(25(18)13-28-2)16-6-9-22-21(23-16)30(3)26/h2*4-7,9,11-12H,8,10,13H2,1-3H3. The Balaban J connectivity index is 0.000000181. The van der Waals surface area contributed by atoms with Crippen molar-refractivity contribution in [3.8, 4) is 45.3 Å². The summed E-state index contributed by atoms with van der Waals surface area (Å²) in [5, 5.41) is 2.57. The van der Waals surface area contributed by atoms with Crippen molar-refractivity contribution in [3.63, 3.8) is 0 Å². The van der Waals surface area contributed by atoms with Crippen molar-refractivity contribution < 1.29 is 36.2 Å². The third kappa shape index (κ3) is 9.18. The number of rotatable bonds is 16. The van der Waals surface area contributed by atoms with Crippen molar-refractivity contribution in [1.82, 2.24) is 39.0 Å². The summed E-state index contributed by atoms with van der Waals surface area (Å²) < 4.78 is 60.5. The van der Waals surface area contributed by atoms with E-state index >= 15 is 0 Å². The first-order valence-corrected chi connectivity index (χ1v) is 21.8. The van der Waals surface area contributed by atoms with Crippen LogP contribution < -0.4 is 0 Å². The molecule has 8 rings (SSSR count). The van der Waals surface area contributed by atoms with Gasteiger partial charge < -0.3 is 36.9 Å². The molecule has 0 aliphatic heterocycles. The van der Waals surface area contributed by atoms with Gasteiger partial charge in [0, 0.05) is 88.1 Å². The summed E-state index contributed by atoms with van der Waals surface area (Å²) in [7, 11) is 3.96. The lowest BCUT2D eigenvalue weighted by atomic mass is 10.1. The summed E-state index contributed by atoms with van der Waals surface area (Å²) in [4.78, 5) is 27.1. The highest BCUT2D eigenvalue weighted by atomic mass is 32.2. The summed E-state index contributed by atoms with van der Waals surface area (Å²) in [5.41, 5.74) is 7.58. The smallest absolute Gasteiger partial charge is 0.218 e. The quantitative estimate of drug-likeness (QED) is 0.0951. The molecule has 8 aromatic rings. The molecule has 0 N–H and O–H groups in total. The Labute approximate surface area is 350 Å². The fraction of sp³-hybridized carbons (Fsp3) is 0.286. The normalized spacial score (nSPS) is 12.5. The average molecular weight is 853 g/mol. The lowest BCUT2D eigenvalue weighted by molar-refractivity contribution is 0.127. The molecule has 0 spiro atoms. The van der Waals surface area contributed by atoms with Crippen molar-refractivity contribution in [2.24, 2.45) is 0 Å². The predicted molar refractivity (Wildman–Crippen MR) is 227 cm³/mol. The van der Waals surface area contributed by atoms with Gasteiger partial charge in [0.1, 0.15) is 36.3 Å². The van der Waals surface area contributed by atoms with Gasteiger partial charge in [0.25, 0.3) is 0 Å². The van der Waals surface area contributed by atoms with E-state index in [0.29, 0.717) is 50.9 Å². The Morgan fingerprint density at radius 1 is 0.567 bits per heavy atom. The lowest BCUT2D eigenvalue weighted by Gasteiger charge is -2.12. The van der Waals surface area contributed by atoms with Crippen molar-refractivity contribution in [1.29, 1.82) is 0 Å². The number of hydrogen-bond donors (Lipinski definition) is 0. The third-order valence-electron chi connectivity index (χ3n) is 9.39. The van der Waals surface area contributed by atoms with Crippen molar-refractivity contribution in [3.05, 3.63) is 97.2 Å². The summed E-state index contributed by atoms with van der Waals surface area (Å²) in [6.45, 7) is 1.62. The summed E-state index contributed by atoms with van der Waals surface area (Å²) in [6.07, 6.45) is 10.9. The van der Waals surface area contributed by atoms with Gasteiger partial charge in [-0.05, 0) is 36.4 Å². The molecule has 2 aromatic carbocycles. The summed E-state index contributed by atoms with van der Waals surface area (Å²) in [6, 6.07) is 19.3. The highest BCUT2D eigenvalue weighted by Crippen LogP contribution is 2.36. The fourth-order valence-corrected chi connectivity index (χ4v) is 7.52. The van der Waals surface area contributed by atoms with Crippen LogP contribution in [0.1, 0.15) is 11.6 Å². The van der Waals surface area contributed by atoms with Gasteiger partial charge in [0.15, 0.2) is 0 Å². The van der Waals surface area contributed by atoms with E-state index in [0.717, 1.165) is 67.5 Å². The first kappa shape index (κ1) is 42.4. The molecule has 0 amide bonds. The van der Waals surface area contributed by atoms with E-state index in [4.69, 9.17) is 37.7 Å². The van der Waals surface area contributed by atoms with Crippen molar-refractivity contribution >= 4 is 43.5 Å². The molecule has 60 heavy (non-hydrogen) atoms. The van der Waals surface area contributed by atoms with E-state index in [1.54, 1.807) is 78.0 Å². The maximum Gasteiger partial charge on any atom is 0.218 e. The van der Waals surface area contributed by atoms with E-state index in [1.165, 1.54) is 0 Å². The maximum atomic E-state index is 12.0. The second kappa shape index (κ2) is 19.5. The van der Waals surface area contributed by atoms with Crippen LogP contribution in [0, 0.1) is 0 Å². The minimum absolute atomic E-state index is 0.267. The molecule has 6 aromatic heterocycles. The summed E-state index contributed by atoms with van der Waals surface area (Å²) in [5.74, 6) is 1.61. The topological polar surface area (TPSA) is 185 Å². The van der Waals surface area contributed by atoms with Crippen LogP contribution in [-0.2, 0) is 66.8 Å². The molecule has 6 heterocycles. The van der Waals surface area contributed by atoms with Crippen LogP contribution in [0.4, 0.5) is 0 Å². The largest absolute Gasteiger partial charge is 0.464 e. The number of fused-ring (bicyclic) bond motifs is 2. The molecule has 18 heteroatoms. The molecule has 0 aliphatic rings. The van der Waals surface area contributed by atoms with E-state index < -0.39 is 21.6 Å². The number of nitrogens with zero attached hydrogens (tertiary/aromatic N) is 8. The molecule has 2 atom stereocenters. The molecule has 2 unspecified atom stereocenters. The molecule has 0 fully saturated rings. The van der Waals surface area contributed by atoms with E-state index in [2.05, 4.69) is 19.9 Å². The number of ether oxygens (including phenoxy) is 4. The van der Waals surface area contributed by atoms with Gasteiger partial charge in [-0.2, -0.15) is 0 Å². The zero-order valence-electron chi connectivity index (χ0n) is 34.0. The van der Waals surface area contributed by atoms with E-state index in [9.17, 15) is 8.42 Å². The molecular formula is C42H44N8O8S2. The minimum Gasteiger partial charge on any atom is -0.464 e. The molecule has 0 radical (unpaired) electrons. The molecular weight excluding hydrogens is 809 g/mol. The first-order valence-electron chi connectivity index (χ1n) is 18.7. The number of aromatic nitrogens is 8. The first-order chi connectivity index (χ1) is 29.2. The Morgan fingerprint density at radius 2 is 1.00 bits per heavy atom. The lowest BCUT2D eigenvalue weighted by Crippen LogP contribution is -2.10. The zero-order chi connectivity index (χ0) is 42.2. The molecule has 0 bridgehead atoms. The Kier molecular flexibility index (Phi) is 13.8. The van der Waals surface area contributed by atoms with Crippen LogP contribution in [0.5, 0.6) is 0 Å². The minimum atomic E-state index is -1.30. The third-order valence-corrected chi connectivity index (χ3v) is 10.8. The fourth-order valence-electron chi connectivity index (χ4n) is 6.65.